The molecule has 0 aliphatic rings. The van der Waals surface area contributed by atoms with Gasteiger partial charge >= 0.3 is 0 Å². The fourth-order valence-corrected chi connectivity index (χ4v) is 1.79. The van der Waals surface area contributed by atoms with Gasteiger partial charge in [0.05, 0.1) is 0 Å². The number of benzene rings is 1. The molecule has 0 fully saturated rings. The van der Waals surface area contributed by atoms with E-state index in [9.17, 15) is 4.39 Å². The van der Waals surface area contributed by atoms with Gasteiger partial charge in [0.1, 0.15) is 11.5 Å². The van der Waals surface area contributed by atoms with Gasteiger partial charge in [0, 0.05) is 19.8 Å². The Labute approximate surface area is 108 Å². The summed E-state index contributed by atoms with van der Waals surface area (Å²) >= 11 is 5.73. The number of aromatic nitrogens is 1. The Morgan fingerprint density at radius 1 is 1.33 bits per heavy atom. The van der Waals surface area contributed by atoms with Crippen LogP contribution in [0.2, 0.25) is 5.35 Å². The molecule has 0 aliphatic heterocycles. The Bertz CT molecular complexity index is 540. The van der Waals surface area contributed by atoms with Crippen molar-refractivity contribution in [2.75, 3.05) is 14.2 Å². The van der Waals surface area contributed by atoms with E-state index in [0.29, 0.717) is 17.0 Å². The second-order valence-corrected chi connectivity index (χ2v) is 3.82. The Kier molecular flexibility index (Phi) is 3.96. The van der Waals surface area contributed by atoms with Gasteiger partial charge in [-0.15, -0.1) is 0 Å². The SMILES string of the molecule is COC(OC)c1nc(Cl)oc1-c1cccc(F)c1. The van der Waals surface area contributed by atoms with Gasteiger partial charge < -0.3 is 13.9 Å². The van der Waals surface area contributed by atoms with E-state index in [2.05, 4.69) is 4.98 Å². The third-order valence-electron chi connectivity index (χ3n) is 2.37. The lowest BCUT2D eigenvalue weighted by Crippen LogP contribution is -2.05. The van der Waals surface area contributed by atoms with Crippen molar-refractivity contribution in [2.24, 2.45) is 0 Å². The van der Waals surface area contributed by atoms with Gasteiger partial charge in [0.15, 0.2) is 5.76 Å². The fourth-order valence-electron chi connectivity index (χ4n) is 1.62. The summed E-state index contributed by atoms with van der Waals surface area (Å²) in [5, 5.41) is -0.0524. The first-order chi connectivity index (χ1) is 8.65. The van der Waals surface area contributed by atoms with Gasteiger partial charge in [0.25, 0.3) is 5.35 Å². The lowest BCUT2D eigenvalue weighted by Gasteiger charge is -2.11. The highest BCUT2D eigenvalue weighted by atomic mass is 35.5. The molecule has 0 radical (unpaired) electrons. The largest absolute Gasteiger partial charge is 0.427 e. The van der Waals surface area contributed by atoms with Crippen LogP contribution >= 0.6 is 11.6 Å². The molecule has 2 aromatic rings. The lowest BCUT2D eigenvalue weighted by atomic mass is 10.1. The van der Waals surface area contributed by atoms with Crippen LogP contribution in [0.5, 0.6) is 0 Å². The first kappa shape index (κ1) is 13.0. The molecule has 0 aliphatic carbocycles. The minimum Gasteiger partial charge on any atom is -0.427 e. The quantitative estimate of drug-likeness (QED) is 0.799. The minimum atomic E-state index is -0.723. The molecule has 1 heterocycles. The molecule has 0 spiro atoms. The maximum atomic E-state index is 13.2. The first-order valence-electron chi connectivity index (χ1n) is 5.13. The van der Waals surface area contributed by atoms with Crippen molar-refractivity contribution in [1.82, 2.24) is 4.98 Å². The number of hydrogen-bond donors (Lipinski definition) is 0. The van der Waals surface area contributed by atoms with Gasteiger partial charge in [-0.1, -0.05) is 12.1 Å². The number of ether oxygens (including phenoxy) is 2. The molecular formula is C12H11ClFNO3. The molecule has 0 N–H and O–H groups in total. The van der Waals surface area contributed by atoms with E-state index >= 15 is 0 Å². The minimum absolute atomic E-state index is 0.0524. The summed E-state index contributed by atoms with van der Waals surface area (Å²) in [5.41, 5.74) is 0.888. The standard InChI is InChI=1S/C12H11ClFNO3/c1-16-11(17-2)9-10(18-12(13)15-9)7-4-3-5-8(14)6-7/h3-6,11H,1-2H3. The second-order valence-electron chi connectivity index (χ2n) is 3.49. The van der Waals surface area contributed by atoms with Crippen molar-refractivity contribution in [2.45, 2.75) is 6.29 Å². The monoisotopic (exact) mass is 271 g/mol. The van der Waals surface area contributed by atoms with E-state index < -0.39 is 6.29 Å². The van der Waals surface area contributed by atoms with Gasteiger partial charge in [-0.3, -0.25) is 0 Å². The van der Waals surface area contributed by atoms with E-state index in [4.69, 9.17) is 25.5 Å². The number of methoxy groups -OCH3 is 2. The van der Waals surface area contributed by atoms with Gasteiger partial charge in [-0.2, -0.15) is 4.98 Å². The molecule has 96 valence electrons. The van der Waals surface area contributed by atoms with Gasteiger partial charge in [-0.05, 0) is 23.7 Å². The van der Waals surface area contributed by atoms with E-state index in [0.717, 1.165) is 0 Å². The normalized spacial score (nSPS) is 11.2. The molecule has 0 saturated carbocycles. The number of oxazole rings is 1. The summed E-state index contributed by atoms with van der Waals surface area (Å²) in [6, 6.07) is 5.92. The van der Waals surface area contributed by atoms with Crippen molar-refractivity contribution in [1.29, 1.82) is 0 Å². The summed E-state index contributed by atoms with van der Waals surface area (Å²) < 4.78 is 28.7. The third-order valence-corrected chi connectivity index (χ3v) is 2.53. The molecule has 4 nitrogen and oxygen atoms in total. The maximum Gasteiger partial charge on any atom is 0.293 e. The van der Waals surface area contributed by atoms with Gasteiger partial charge in [0.2, 0.25) is 6.29 Å². The number of rotatable bonds is 4. The van der Waals surface area contributed by atoms with Crippen LogP contribution in [-0.4, -0.2) is 19.2 Å². The smallest absolute Gasteiger partial charge is 0.293 e. The number of hydrogen-bond acceptors (Lipinski definition) is 4. The van der Waals surface area contributed by atoms with E-state index in [1.807, 2.05) is 0 Å². The topological polar surface area (TPSA) is 44.5 Å². The second kappa shape index (κ2) is 5.48. The first-order valence-corrected chi connectivity index (χ1v) is 5.51. The molecule has 0 atom stereocenters. The van der Waals surface area contributed by atoms with Crippen molar-refractivity contribution >= 4 is 11.6 Å². The van der Waals surface area contributed by atoms with E-state index in [-0.39, 0.29) is 11.2 Å². The number of halogens is 2. The summed E-state index contributed by atoms with van der Waals surface area (Å²) in [6.07, 6.45) is -0.723. The molecule has 0 saturated heterocycles. The molecule has 0 unspecified atom stereocenters. The summed E-state index contributed by atoms with van der Waals surface area (Å²) in [4.78, 5) is 3.99. The zero-order chi connectivity index (χ0) is 13.1. The van der Waals surface area contributed by atoms with Crippen LogP contribution in [0.4, 0.5) is 4.39 Å². The summed E-state index contributed by atoms with van der Waals surface area (Å²) in [7, 11) is 2.93. The molecule has 1 aromatic carbocycles. The van der Waals surface area contributed by atoms with Crippen LogP contribution in [0, 0.1) is 5.82 Å². The Hall–Kier alpha value is -1.43. The van der Waals surface area contributed by atoms with Crippen LogP contribution in [0.1, 0.15) is 12.0 Å². The zero-order valence-electron chi connectivity index (χ0n) is 9.81. The van der Waals surface area contributed by atoms with Crippen LogP contribution in [-0.2, 0) is 9.47 Å². The lowest BCUT2D eigenvalue weighted by molar-refractivity contribution is -0.108. The molecule has 6 heteroatoms. The fraction of sp³-hybridized carbons (Fsp3) is 0.250. The van der Waals surface area contributed by atoms with Crippen LogP contribution in [0.25, 0.3) is 11.3 Å². The van der Waals surface area contributed by atoms with Crippen LogP contribution in [0.3, 0.4) is 0 Å². The Balaban J connectivity index is 2.50. The highest BCUT2D eigenvalue weighted by Gasteiger charge is 2.22. The molecule has 0 amide bonds. The molecule has 0 bridgehead atoms. The molecule has 1 aromatic heterocycles. The average molecular weight is 272 g/mol. The van der Waals surface area contributed by atoms with Crippen molar-refractivity contribution < 1.29 is 18.3 Å². The zero-order valence-corrected chi connectivity index (χ0v) is 10.6. The highest BCUT2D eigenvalue weighted by Crippen LogP contribution is 2.32. The third kappa shape index (κ3) is 2.53. The van der Waals surface area contributed by atoms with Crippen LogP contribution in [0.15, 0.2) is 28.7 Å². The van der Waals surface area contributed by atoms with E-state index in [1.54, 1.807) is 12.1 Å². The Morgan fingerprint density at radius 3 is 2.67 bits per heavy atom. The average Bonchev–Trinajstić information content (AvgIpc) is 2.73. The van der Waals surface area contributed by atoms with E-state index in [1.165, 1.54) is 26.4 Å². The van der Waals surface area contributed by atoms with Crippen molar-refractivity contribution in [3.8, 4) is 11.3 Å². The molecule has 2 rings (SSSR count). The maximum absolute atomic E-state index is 13.2. The highest BCUT2D eigenvalue weighted by molar-refractivity contribution is 6.27. The van der Waals surface area contributed by atoms with Crippen molar-refractivity contribution in [3.63, 3.8) is 0 Å². The molecule has 18 heavy (non-hydrogen) atoms. The van der Waals surface area contributed by atoms with Gasteiger partial charge in [-0.25, -0.2) is 4.39 Å². The molecular weight excluding hydrogens is 261 g/mol. The number of nitrogens with zero attached hydrogens (tertiary/aromatic N) is 1. The predicted molar refractivity (Wildman–Crippen MR) is 63.7 cm³/mol. The Morgan fingerprint density at radius 2 is 2.06 bits per heavy atom. The predicted octanol–water partition coefficient (Wildman–Crippen LogP) is 3.43. The van der Waals surface area contributed by atoms with Crippen LogP contribution < -0.4 is 0 Å². The van der Waals surface area contributed by atoms with Crippen molar-refractivity contribution in [3.05, 3.63) is 41.1 Å². The summed E-state index contributed by atoms with van der Waals surface area (Å²) in [5.74, 6) is -0.0504. The summed E-state index contributed by atoms with van der Waals surface area (Å²) in [6.45, 7) is 0.